The van der Waals surface area contributed by atoms with Crippen molar-refractivity contribution in [3.8, 4) is 0 Å². The van der Waals surface area contributed by atoms with Gasteiger partial charge in [-0.3, -0.25) is 9.59 Å². The predicted molar refractivity (Wildman–Crippen MR) is 79.1 cm³/mol. The van der Waals surface area contributed by atoms with E-state index >= 15 is 0 Å². The van der Waals surface area contributed by atoms with Gasteiger partial charge in [0.15, 0.2) is 5.76 Å². The molecule has 0 saturated carbocycles. The first-order chi connectivity index (χ1) is 10.1. The fraction of sp³-hybridized carbons (Fsp3) is 0.133. The number of nitrogens with one attached hydrogen (secondary N) is 2. The molecule has 108 valence electrons. The lowest BCUT2D eigenvalue weighted by Gasteiger charge is -2.04. The molecule has 21 heavy (non-hydrogen) atoms. The van der Waals surface area contributed by atoms with Crippen LogP contribution in [0.15, 0.2) is 52.2 Å². The third-order valence-electron chi connectivity index (χ3n) is 2.69. The van der Waals surface area contributed by atoms with Crippen LogP contribution in [-0.2, 0) is 4.79 Å². The Bertz CT molecular complexity index is 658. The minimum atomic E-state index is -0.408. The average Bonchev–Trinajstić information content (AvgIpc) is 2.99. The lowest BCUT2D eigenvalue weighted by Crippen LogP contribution is -2.18. The monoisotopic (exact) mass is 285 g/mol. The van der Waals surface area contributed by atoms with E-state index < -0.39 is 5.91 Å². The largest absolute Gasteiger partial charge is 0.459 e. The number of hydrogen-bond donors (Lipinski definition) is 2. The maximum atomic E-state index is 11.7. The minimum absolute atomic E-state index is 0.126. The summed E-state index contributed by atoms with van der Waals surface area (Å²) in [6.07, 6.45) is 1.42. The minimum Gasteiger partial charge on any atom is -0.459 e. The Morgan fingerprint density at radius 2 is 1.81 bits per heavy atom. The van der Waals surface area contributed by atoms with E-state index in [1.165, 1.54) is 13.2 Å². The summed E-state index contributed by atoms with van der Waals surface area (Å²) in [5.41, 5.74) is 4.60. The van der Waals surface area contributed by atoms with E-state index in [-0.39, 0.29) is 11.7 Å². The Hall–Kier alpha value is -2.89. The third kappa shape index (κ3) is 4.04. The molecule has 0 bridgehead atoms. The highest BCUT2D eigenvalue weighted by Gasteiger charge is 2.07. The molecule has 0 atom stereocenters. The van der Waals surface area contributed by atoms with E-state index in [1.807, 2.05) is 12.1 Å². The summed E-state index contributed by atoms with van der Waals surface area (Å²) >= 11 is 0. The van der Waals surface area contributed by atoms with E-state index in [0.29, 0.717) is 11.4 Å². The summed E-state index contributed by atoms with van der Waals surface area (Å²) < 4.78 is 4.96. The second-order valence-electron chi connectivity index (χ2n) is 4.37. The molecule has 2 amide bonds. The summed E-state index contributed by atoms with van der Waals surface area (Å²) in [5.74, 6) is -0.333. The molecule has 0 radical (unpaired) electrons. The molecule has 2 rings (SSSR count). The maximum absolute atomic E-state index is 11.7. The molecule has 1 aromatic carbocycles. The van der Waals surface area contributed by atoms with Crippen LogP contribution in [0.2, 0.25) is 0 Å². The first-order valence-electron chi connectivity index (χ1n) is 6.32. The number of carbonyl (C=O) groups is 2. The Morgan fingerprint density at radius 1 is 1.10 bits per heavy atom. The first-order valence-corrected chi connectivity index (χ1v) is 6.32. The van der Waals surface area contributed by atoms with E-state index in [1.54, 1.807) is 31.2 Å². The lowest BCUT2D eigenvalue weighted by atomic mass is 10.1. The van der Waals surface area contributed by atoms with Crippen molar-refractivity contribution in [1.29, 1.82) is 0 Å². The van der Waals surface area contributed by atoms with Crippen molar-refractivity contribution in [2.24, 2.45) is 5.10 Å². The summed E-state index contributed by atoms with van der Waals surface area (Å²) in [5, 5.41) is 6.69. The van der Waals surface area contributed by atoms with Crippen molar-refractivity contribution in [1.82, 2.24) is 5.43 Å². The molecule has 0 aliphatic carbocycles. The standard InChI is InChI=1S/C15H15N3O3/c1-10(17-18-15(20)14-4-3-9-21-14)12-5-7-13(8-6-12)16-11(2)19/h3-9H,1-2H3,(H,16,19)(H,18,20)/b17-10+. The summed E-state index contributed by atoms with van der Waals surface area (Å²) in [6, 6.07) is 10.3. The molecule has 6 heteroatoms. The molecule has 0 aliphatic heterocycles. The molecule has 2 N–H and O–H groups in total. The Kier molecular flexibility index (Phi) is 4.50. The molecule has 0 spiro atoms. The Balaban J connectivity index is 2.02. The Morgan fingerprint density at radius 3 is 2.38 bits per heavy atom. The molecule has 6 nitrogen and oxygen atoms in total. The van der Waals surface area contributed by atoms with Gasteiger partial charge in [-0.1, -0.05) is 12.1 Å². The van der Waals surface area contributed by atoms with Crippen molar-refractivity contribution in [2.75, 3.05) is 5.32 Å². The molecular formula is C15H15N3O3. The molecule has 0 aliphatic rings. The van der Waals surface area contributed by atoms with Crippen LogP contribution in [0.1, 0.15) is 30.0 Å². The molecule has 1 heterocycles. The quantitative estimate of drug-likeness (QED) is 0.668. The highest BCUT2D eigenvalue weighted by molar-refractivity contribution is 6.00. The number of rotatable bonds is 4. The molecular weight excluding hydrogens is 270 g/mol. The SMILES string of the molecule is CC(=O)Nc1ccc(/C(C)=N/NC(=O)c2ccco2)cc1. The van der Waals surface area contributed by atoms with E-state index in [2.05, 4.69) is 15.8 Å². The summed E-state index contributed by atoms with van der Waals surface area (Å²) in [4.78, 5) is 22.6. The van der Waals surface area contributed by atoms with Crippen LogP contribution in [0.3, 0.4) is 0 Å². The highest BCUT2D eigenvalue weighted by Crippen LogP contribution is 2.10. The molecule has 0 unspecified atom stereocenters. The number of furan rings is 1. The maximum Gasteiger partial charge on any atom is 0.307 e. The number of amides is 2. The van der Waals surface area contributed by atoms with Gasteiger partial charge >= 0.3 is 5.91 Å². The number of hydrazone groups is 1. The number of benzene rings is 1. The van der Waals surface area contributed by atoms with Crippen LogP contribution in [0.5, 0.6) is 0 Å². The van der Waals surface area contributed by atoms with Gasteiger partial charge in [0, 0.05) is 12.6 Å². The van der Waals surface area contributed by atoms with Gasteiger partial charge in [-0.2, -0.15) is 5.10 Å². The molecule has 2 aromatic rings. The van der Waals surface area contributed by atoms with Crippen LogP contribution in [0, 0.1) is 0 Å². The van der Waals surface area contributed by atoms with Gasteiger partial charge in [0.1, 0.15) is 0 Å². The highest BCUT2D eigenvalue weighted by atomic mass is 16.3. The molecule has 0 fully saturated rings. The van der Waals surface area contributed by atoms with Gasteiger partial charge in [0.05, 0.1) is 12.0 Å². The van der Waals surface area contributed by atoms with Crippen molar-refractivity contribution in [3.05, 3.63) is 54.0 Å². The fourth-order valence-corrected chi connectivity index (χ4v) is 1.66. The number of hydrogen-bond acceptors (Lipinski definition) is 4. The number of carbonyl (C=O) groups excluding carboxylic acids is 2. The van der Waals surface area contributed by atoms with Crippen molar-refractivity contribution >= 4 is 23.2 Å². The van der Waals surface area contributed by atoms with Gasteiger partial charge in [-0.25, -0.2) is 5.43 Å². The van der Waals surface area contributed by atoms with E-state index in [4.69, 9.17) is 4.42 Å². The van der Waals surface area contributed by atoms with Crippen LogP contribution in [0.25, 0.3) is 0 Å². The zero-order valence-electron chi connectivity index (χ0n) is 11.7. The van der Waals surface area contributed by atoms with Crippen LogP contribution >= 0.6 is 0 Å². The molecule has 1 aromatic heterocycles. The van der Waals surface area contributed by atoms with Crippen LogP contribution in [-0.4, -0.2) is 17.5 Å². The third-order valence-corrected chi connectivity index (χ3v) is 2.69. The average molecular weight is 285 g/mol. The van der Waals surface area contributed by atoms with Crippen molar-refractivity contribution in [2.45, 2.75) is 13.8 Å². The van der Waals surface area contributed by atoms with E-state index in [9.17, 15) is 9.59 Å². The van der Waals surface area contributed by atoms with Gasteiger partial charge in [0.25, 0.3) is 0 Å². The first kappa shape index (κ1) is 14.5. The van der Waals surface area contributed by atoms with Gasteiger partial charge in [-0.05, 0) is 36.8 Å². The predicted octanol–water partition coefficient (Wildman–Crippen LogP) is 2.39. The number of nitrogens with zero attached hydrogens (tertiary/aromatic N) is 1. The van der Waals surface area contributed by atoms with Crippen molar-refractivity contribution < 1.29 is 14.0 Å². The topological polar surface area (TPSA) is 83.7 Å². The van der Waals surface area contributed by atoms with Gasteiger partial charge < -0.3 is 9.73 Å². The fourth-order valence-electron chi connectivity index (χ4n) is 1.66. The summed E-state index contributed by atoms with van der Waals surface area (Å²) in [7, 11) is 0. The molecule has 0 saturated heterocycles. The van der Waals surface area contributed by atoms with Crippen LogP contribution in [0.4, 0.5) is 5.69 Å². The zero-order valence-corrected chi connectivity index (χ0v) is 11.7. The Labute approximate surface area is 121 Å². The second kappa shape index (κ2) is 6.51. The van der Waals surface area contributed by atoms with E-state index in [0.717, 1.165) is 5.56 Å². The normalized spacial score (nSPS) is 11.0. The lowest BCUT2D eigenvalue weighted by molar-refractivity contribution is -0.114. The van der Waals surface area contributed by atoms with Gasteiger partial charge in [-0.15, -0.1) is 0 Å². The number of anilines is 1. The second-order valence-corrected chi connectivity index (χ2v) is 4.37. The van der Waals surface area contributed by atoms with Gasteiger partial charge in [0.2, 0.25) is 5.91 Å². The smallest absolute Gasteiger partial charge is 0.307 e. The zero-order chi connectivity index (χ0) is 15.2. The van der Waals surface area contributed by atoms with Crippen LogP contribution < -0.4 is 10.7 Å². The summed E-state index contributed by atoms with van der Waals surface area (Å²) in [6.45, 7) is 3.22. The van der Waals surface area contributed by atoms with Crippen molar-refractivity contribution in [3.63, 3.8) is 0 Å².